The van der Waals surface area contributed by atoms with Crippen molar-refractivity contribution in [2.75, 3.05) is 17.1 Å². The molecular formula is C13H18N2O3S. The van der Waals surface area contributed by atoms with Gasteiger partial charge in [0.1, 0.15) is 11.5 Å². The lowest BCUT2D eigenvalue weighted by Gasteiger charge is -2.06. The van der Waals surface area contributed by atoms with Gasteiger partial charge in [-0.05, 0) is 24.5 Å². The van der Waals surface area contributed by atoms with Crippen molar-refractivity contribution in [3.63, 3.8) is 0 Å². The number of aromatic nitrogens is 1. The summed E-state index contributed by atoms with van der Waals surface area (Å²) in [5.74, 6) is 5.85. The Bertz CT molecular complexity index is 559. The van der Waals surface area contributed by atoms with Crippen molar-refractivity contribution in [1.82, 2.24) is 4.98 Å². The summed E-state index contributed by atoms with van der Waals surface area (Å²) >= 11 is 0. The van der Waals surface area contributed by atoms with Crippen molar-refractivity contribution in [2.24, 2.45) is 0 Å². The highest BCUT2D eigenvalue weighted by Crippen LogP contribution is 2.08. The van der Waals surface area contributed by atoms with Crippen LogP contribution in [0, 0.1) is 11.8 Å². The van der Waals surface area contributed by atoms with E-state index >= 15 is 0 Å². The lowest BCUT2D eigenvalue weighted by atomic mass is 10.3. The average Bonchev–Trinajstić information content (AvgIpc) is 2.37. The Morgan fingerprint density at radius 1 is 1.42 bits per heavy atom. The van der Waals surface area contributed by atoms with Crippen molar-refractivity contribution in [1.29, 1.82) is 0 Å². The van der Waals surface area contributed by atoms with Crippen molar-refractivity contribution in [2.45, 2.75) is 26.2 Å². The van der Waals surface area contributed by atoms with Gasteiger partial charge in [0.2, 0.25) is 10.0 Å². The molecule has 0 bridgehead atoms. The molecular weight excluding hydrogens is 264 g/mol. The summed E-state index contributed by atoms with van der Waals surface area (Å²) in [7, 11) is -3.34. The molecule has 0 saturated heterocycles. The Labute approximate surface area is 114 Å². The van der Waals surface area contributed by atoms with Gasteiger partial charge in [-0.3, -0.25) is 4.72 Å². The lowest BCUT2D eigenvalue weighted by molar-refractivity contribution is 0.305. The number of nitrogens with one attached hydrogen (secondary N) is 1. The van der Waals surface area contributed by atoms with Gasteiger partial charge in [-0.1, -0.05) is 25.3 Å². The molecule has 1 aromatic heterocycles. The van der Waals surface area contributed by atoms with Crippen LogP contribution in [0.3, 0.4) is 0 Å². The standard InChI is InChI=1S/C13H18N2O3S/c1-2-3-11-19(17,18)15-13-9-6-8-12(14-13)7-4-5-10-16/h6,8-9,16H,2-3,5,10-11H2,1H3,(H,14,15). The van der Waals surface area contributed by atoms with Crippen LogP contribution in [0.4, 0.5) is 5.82 Å². The molecule has 0 aliphatic carbocycles. The summed E-state index contributed by atoms with van der Waals surface area (Å²) < 4.78 is 25.8. The molecule has 19 heavy (non-hydrogen) atoms. The number of aliphatic hydroxyl groups excluding tert-OH is 1. The first-order valence-electron chi connectivity index (χ1n) is 6.14. The van der Waals surface area contributed by atoms with Crippen molar-refractivity contribution in [3.05, 3.63) is 23.9 Å². The maximum atomic E-state index is 11.7. The Kier molecular flexibility index (Phi) is 6.33. The minimum absolute atomic E-state index is 0.00363. The van der Waals surface area contributed by atoms with Gasteiger partial charge in [0.15, 0.2) is 0 Å². The van der Waals surface area contributed by atoms with Gasteiger partial charge in [0, 0.05) is 6.42 Å². The summed E-state index contributed by atoms with van der Waals surface area (Å²) in [6.45, 7) is 1.93. The monoisotopic (exact) mass is 282 g/mol. The number of hydrogen-bond acceptors (Lipinski definition) is 4. The number of hydrogen-bond donors (Lipinski definition) is 2. The highest BCUT2D eigenvalue weighted by Gasteiger charge is 2.10. The minimum atomic E-state index is -3.34. The molecule has 1 rings (SSSR count). The Morgan fingerprint density at radius 3 is 2.89 bits per heavy atom. The SMILES string of the molecule is CCCCS(=O)(=O)Nc1cccc(C#CCCO)n1. The van der Waals surface area contributed by atoms with Crippen LogP contribution in [0.5, 0.6) is 0 Å². The highest BCUT2D eigenvalue weighted by atomic mass is 32.2. The number of unbranched alkanes of at least 4 members (excludes halogenated alkanes) is 1. The molecule has 6 heteroatoms. The first kappa shape index (κ1) is 15.5. The quantitative estimate of drug-likeness (QED) is 0.772. The second-order valence-electron chi connectivity index (χ2n) is 3.96. The highest BCUT2D eigenvalue weighted by molar-refractivity contribution is 7.92. The van der Waals surface area contributed by atoms with Crippen LogP contribution in [0.2, 0.25) is 0 Å². The van der Waals surface area contributed by atoms with E-state index in [1.54, 1.807) is 18.2 Å². The molecule has 1 aromatic rings. The minimum Gasteiger partial charge on any atom is -0.395 e. The van der Waals surface area contributed by atoms with E-state index in [1.165, 1.54) is 0 Å². The van der Waals surface area contributed by atoms with E-state index in [0.29, 0.717) is 18.5 Å². The molecule has 0 saturated carbocycles. The predicted octanol–water partition coefficient (Wildman–Crippen LogP) is 1.36. The predicted molar refractivity (Wildman–Crippen MR) is 75.1 cm³/mol. The Hall–Kier alpha value is -1.58. The van der Waals surface area contributed by atoms with Crippen LogP contribution < -0.4 is 4.72 Å². The Morgan fingerprint density at radius 2 is 2.21 bits per heavy atom. The van der Waals surface area contributed by atoms with Gasteiger partial charge < -0.3 is 5.11 Å². The zero-order valence-corrected chi connectivity index (χ0v) is 11.7. The van der Waals surface area contributed by atoms with Crippen LogP contribution in [0.1, 0.15) is 31.9 Å². The molecule has 0 fully saturated rings. The molecule has 1 heterocycles. The number of nitrogens with zero attached hydrogens (tertiary/aromatic N) is 1. The third-order valence-corrected chi connectivity index (χ3v) is 3.58. The molecule has 0 amide bonds. The molecule has 104 valence electrons. The largest absolute Gasteiger partial charge is 0.395 e. The zero-order chi connectivity index (χ0) is 14.1. The second-order valence-corrected chi connectivity index (χ2v) is 5.80. The first-order chi connectivity index (χ1) is 9.07. The van der Waals surface area contributed by atoms with Gasteiger partial charge in [-0.15, -0.1) is 0 Å². The molecule has 0 aromatic carbocycles. The van der Waals surface area contributed by atoms with Gasteiger partial charge in [0.25, 0.3) is 0 Å². The first-order valence-corrected chi connectivity index (χ1v) is 7.80. The van der Waals surface area contributed by atoms with Gasteiger partial charge in [-0.2, -0.15) is 0 Å². The van der Waals surface area contributed by atoms with Crippen LogP contribution in [-0.2, 0) is 10.0 Å². The fourth-order valence-corrected chi connectivity index (χ4v) is 2.52. The fourth-order valence-electron chi connectivity index (χ4n) is 1.31. The number of anilines is 1. The number of aliphatic hydroxyl groups is 1. The van der Waals surface area contributed by atoms with E-state index in [2.05, 4.69) is 21.5 Å². The van der Waals surface area contributed by atoms with Crippen LogP contribution in [-0.4, -0.2) is 30.9 Å². The molecule has 0 aliphatic rings. The van der Waals surface area contributed by atoms with Crippen molar-refractivity contribution >= 4 is 15.8 Å². The molecule has 0 unspecified atom stereocenters. The third kappa shape index (κ3) is 6.22. The lowest BCUT2D eigenvalue weighted by Crippen LogP contribution is -2.17. The van der Waals surface area contributed by atoms with E-state index in [0.717, 1.165) is 6.42 Å². The zero-order valence-electron chi connectivity index (χ0n) is 10.9. The van der Waals surface area contributed by atoms with Crippen LogP contribution in [0.15, 0.2) is 18.2 Å². The van der Waals surface area contributed by atoms with E-state index in [-0.39, 0.29) is 18.2 Å². The summed E-state index contributed by atoms with van der Waals surface area (Å²) in [4.78, 5) is 4.09. The second kappa shape index (κ2) is 7.77. The maximum Gasteiger partial charge on any atom is 0.233 e. The maximum absolute atomic E-state index is 11.7. The molecule has 0 atom stereocenters. The molecule has 2 N–H and O–H groups in total. The van der Waals surface area contributed by atoms with Crippen LogP contribution in [0.25, 0.3) is 0 Å². The summed E-state index contributed by atoms with van der Waals surface area (Å²) in [5, 5.41) is 8.62. The molecule has 0 radical (unpaired) electrons. The number of sulfonamides is 1. The van der Waals surface area contributed by atoms with E-state index in [1.807, 2.05) is 6.92 Å². The van der Waals surface area contributed by atoms with Crippen LogP contribution >= 0.6 is 0 Å². The molecule has 0 aliphatic heterocycles. The third-order valence-electron chi connectivity index (χ3n) is 2.23. The van der Waals surface area contributed by atoms with Crippen molar-refractivity contribution in [3.8, 4) is 11.8 Å². The normalized spacial score (nSPS) is 10.6. The van der Waals surface area contributed by atoms with Gasteiger partial charge >= 0.3 is 0 Å². The summed E-state index contributed by atoms with van der Waals surface area (Å²) in [5.41, 5.74) is 0.476. The Balaban J connectivity index is 2.75. The van der Waals surface area contributed by atoms with E-state index in [9.17, 15) is 8.42 Å². The number of rotatable bonds is 6. The van der Waals surface area contributed by atoms with E-state index in [4.69, 9.17) is 5.11 Å². The summed E-state index contributed by atoms with van der Waals surface area (Å²) in [6, 6.07) is 4.96. The average molecular weight is 282 g/mol. The summed E-state index contributed by atoms with van der Waals surface area (Å²) in [6.07, 6.45) is 1.81. The van der Waals surface area contributed by atoms with Gasteiger partial charge in [-0.25, -0.2) is 13.4 Å². The van der Waals surface area contributed by atoms with Crippen molar-refractivity contribution < 1.29 is 13.5 Å². The topological polar surface area (TPSA) is 79.3 Å². The number of pyridine rings is 1. The fraction of sp³-hybridized carbons (Fsp3) is 0.462. The molecule has 5 nitrogen and oxygen atoms in total. The van der Waals surface area contributed by atoms with E-state index < -0.39 is 10.0 Å². The smallest absolute Gasteiger partial charge is 0.233 e. The molecule has 0 spiro atoms. The van der Waals surface area contributed by atoms with Gasteiger partial charge in [0.05, 0.1) is 12.4 Å².